The predicted octanol–water partition coefficient (Wildman–Crippen LogP) is 6.63. The van der Waals surface area contributed by atoms with Gasteiger partial charge in [-0.15, -0.1) is 0 Å². The van der Waals surface area contributed by atoms with E-state index in [2.05, 4.69) is 55.7 Å². The van der Waals surface area contributed by atoms with Crippen LogP contribution >= 0.6 is 0 Å². The van der Waals surface area contributed by atoms with Crippen LogP contribution in [0.3, 0.4) is 0 Å². The summed E-state index contributed by atoms with van der Waals surface area (Å²) >= 11 is 0. The molecule has 0 saturated carbocycles. The molecule has 9 nitrogen and oxygen atoms in total. The molecule has 1 aliphatic heterocycles. The Labute approximate surface area is 259 Å². The normalized spacial score (nSPS) is 16.9. The molecule has 0 radical (unpaired) electrons. The highest BCUT2D eigenvalue weighted by atomic mass is 19.1. The average Bonchev–Trinajstić information content (AvgIpc) is 3.04. The number of halogens is 1. The molecule has 4 N–H and O–H groups in total. The molecule has 10 heteroatoms. The minimum atomic E-state index is -1.04. The molecule has 232 valence electrons. The van der Waals surface area contributed by atoms with E-state index >= 15 is 0 Å². The standard InChI is InChI=1S/C34H43FN8O/c1-7-12-24(9-3)20-38-33-41-31(22(4)8-2)43(36-6)34(42-33)39-21-26-13-10-11-14-28(26)30-29-16-15-27(40-32(44)23(5)35)19-25(29)17-18-37-30/h10-11,13-19,24,36H,5,7-9,12,20-21H2,1-4,6H3,(H,40,44)(H2,38,39,41,42)/b31-22+. The molecule has 1 atom stereocenters. The molecule has 44 heavy (non-hydrogen) atoms. The van der Waals surface area contributed by atoms with E-state index in [0.717, 1.165) is 65.6 Å². The summed E-state index contributed by atoms with van der Waals surface area (Å²) in [6.07, 6.45) is 5.98. The quantitative estimate of drug-likeness (QED) is 0.174. The summed E-state index contributed by atoms with van der Waals surface area (Å²) in [5.74, 6) is 0.884. The number of hydrazine groups is 1. The van der Waals surface area contributed by atoms with Gasteiger partial charge in [-0.3, -0.25) is 20.1 Å². The summed E-state index contributed by atoms with van der Waals surface area (Å²) in [4.78, 5) is 26.5. The van der Waals surface area contributed by atoms with Crippen molar-refractivity contribution in [2.75, 3.05) is 18.9 Å². The molecular weight excluding hydrogens is 555 g/mol. The number of allylic oxidation sites excluding steroid dienone is 1. The van der Waals surface area contributed by atoms with Crippen molar-refractivity contribution in [3.63, 3.8) is 0 Å². The van der Waals surface area contributed by atoms with Crippen LogP contribution in [0.5, 0.6) is 0 Å². The Bertz CT molecular complexity index is 1600. The molecule has 3 aromatic rings. The number of amides is 1. The van der Waals surface area contributed by atoms with E-state index in [1.54, 1.807) is 18.3 Å². The van der Waals surface area contributed by atoms with Crippen molar-refractivity contribution in [1.29, 1.82) is 0 Å². The number of aromatic nitrogens is 1. The second kappa shape index (κ2) is 15.2. The number of benzene rings is 2. The van der Waals surface area contributed by atoms with Crippen LogP contribution in [0.15, 0.2) is 88.5 Å². The fourth-order valence-electron chi connectivity index (χ4n) is 5.11. The van der Waals surface area contributed by atoms with Crippen LogP contribution in [0.4, 0.5) is 10.1 Å². The summed E-state index contributed by atoms with van der Waals surface area (Å²) in [5, 5.41) is 13.1. The average molecular weight is 599 g/mol. The van der Waals surface area contributed by atoms with Gasteiger partial charge in [0.1, 0.15) is 5.82 Å². The first-order valence-corrected chi connectivity index (χ1v) is 15.2. The number of carbonyl (C=O) groups is 1. The van der Waals surface area contributed by atoms with Crippen LogP contribution in [0.2, 0.25) is 0 Å². The molecule has 4 rings (SSSR count). The lowest BCUT2D eigenvalue weighted by atomic mass is 9.99. The van der Waals surface area contributed by atoms with Gasteiger partial charge in [0, 0.05) is 36.4 Å². The van der Waals surface area contributed by atoms with Crippen LogP contribution in [0, 0.1) is 5.92 Å². The third-order valence-electron chi connectivity index (χ3n) is 7.78. The number of hydrogen-bond acceptors (Lipinski definition) is 5. The lowest BCUT2D eigenvalue weighted by molar-refractivity contribution is -0.114. The van der Waals surface area contributed by atoms with Crippen molar-refractivity contribution in [1.82, 2.24) is 26.1 Å². The lowest BCUT2D eigenvalue weighted by Gasteiger charge is -2.35. The summed E-state index contributed by atoms with van der Waals surface area (Å²) < 4.78 is 13.2. The number of rotatable bonds is 12. The smallest absolute Gasteiger partial charge is 0.283 e. The van der Waals surface area contributed by atoms with Gasteiger partial charge in [0.25, 0.3) is 5.91 Å². The second-order valence-electron chi connectivity index (χ2n) is 10.8. The number of anilines is 1. The Balaban J connectivity index is 1.68. The fraction of sp³-hybridized carbons (Fsp3) is 0.353. The van der Waals surface area contributed by atoms with Gasteiger partial charge >= 0.3 is 0 Å². The van der Waals surface area contributed by atoms with E-state index in [9.17, 15) is 9.18 Å². The first-order valence-electron chi connectivity index (χ1n) is 15.2. The molecule has 0 aliphatic carbocycles. The van der Waals surface area contributed by atoms with Crippen LogP contribution in [-0.2, 0) is 11.3 Å². The van der Waals surface area contributed by atoms with Crippen LogP contribution in [0.25, 0.3) is 22.0 Å². The van der Waals surface area contributed by atoms with Crippen LogP contribution < -0.4 is 21.4 Å². The number of nitrogens with one attached hydrogen (secondary N) is 4. The van der Waals surface area contributed by atoms with Crippen molar-refractivity contribution in [3.05, 3.63) is 84.1 Å². The first kappa shape index (κ1) is 32.3. The van der Waals surface area contributed by atoms with Crippen molar-refractivity contribution in [3.8, 4) is 11.3 Å². The Hall–Kier alpha value is -4.57. The number of fused-ring (bicyclic) bond motifs is 1. The maximum absolute atomic E-state index is 13.2. The maximum atomic E-state index is 13.2. The highest BCUT2D eigenvalue weighted by Gasteiger charge is 2.25. The summed E-state index contributed by atoms with van der Waals surface area (Å²) in [6.45, 7) is 12.9. The Morgan fingerprint density at radius 2 is 1.91 bits per heavy atom. The van der Waals surface area contributed by atoms with Gasteiger partial charge in [-0.25, -0.2) is 19.8 Å². The number of aliphatic imine (C=N–C) groups is 2. The van der Waals surface area contributed by atoms with E-state index < -0.39 is 11.7 Å². The lowest BCUT2D eigenvalue weighted by Crippen LogP contribution is -2.61. The van der Waals surface area contributed by atoms with E-state index in [1.165, 1.54) is 5.57 Å². The number of guanidine groups is 2. The first-order chi connectivity index (χ1) is 21.3. The minimum Gasteiger partial charge on any atom is -0.320 e. The highest BCUT2D eigenvalue weighted by molar-refractivity contribution is 6.04. The molecule has 1 amide bonds. The highest BCUT2D eigenvalue weighted by Crippen LogP contribution is 2.31. The van der Waals surface area contributed by atoms with Gasteiger partial charge in [0.15, 0.2) is 5.83 Å². The van der Waals surface area contributed by atoms with Crippen molar-refractivity contribution >= 4 is 34.3 Å². The van der Waals surface area contributed by atoms with E-state index in [4.69, 9.17) is 15.0 Å². The molecular formula is C34H43FN8O. The molecule has 1 saturated heterocycles. The third kappa shape index (κ3) is 7.68. The number of hydrogen-bond donors (Lipinski definition) is 4. The van der Waals surface area contributed by atoms with E-state index in [-0.39, 0.29) is 0 Å². The van der Waals surface area contributed by atoms with E-state index in [0.29, 0.717) is 30.1 Å². The Morgan fingerprint density at radius 3 is 2.61 bits per heavy atom. The van der Waals surface area contributed by atoms with E-state index in [1.807, 2.05) is 48.5 Å². The number of pyridine rings is 1. The third-order valence-corrected chi connectivity index (χ3v) is 7.78. The molecule has 1 fully saturated rings. The summed E-state index contributed by atoms with van der Waals surface area (Å²) in [7, 11) is 1.87. The molecule has 1 unspecified atom stereocenters. The molecule has 1 aliphatic rings. The zero-order valence-electron chi connectivity index (χ0n) is 26.3. The molecule has 0 spiro atoms. The zero-order chi connectivity index (χ0) is 31.6. The SMILES string of the molecule is C=C(F)C(=O)Nc1ccc2c(-c3ccccc3CN=C3NC(=NCC(CC)CCC)N/C(=C(/C)CC)N3NC)nccc2c1. The van der Waals surface area contributed by atoms with Crippen molar-refractivity contribution < 1.29 is 9.18 Å². The molecule has 2 heterocycles. The maximum Gasteiger partial charge on any atom is 0.283 e. The van der Waals surface area contributed by atoms with Gasteiger partial charge in [-0.2, -0.15) is 0 Å². The number of nitrogens with zero attached hydrogens (tertiary/aromatic N) is 4. The minimum absolute atomic E-state index is 0.390. The van der Waals surface area contributed by atoms with Crippen molar-refractivity contribution in [2.45, 2.75) is 59.9 Å². The molecule has 0 bridgehead atoms. The topological polar surface area (TPSA) is 106 Å². The van der Waals surface area contributed by atoms with Crippen LogP contribution in [0.1, 0.15) is 58.9 Å². The van der Waals surface area contributed by atoms with Gasteiger partial charge in [0.2, 0.25) is 11.9 Å². The van der Waals surface area contributed by atoms with Crippen LogP contribution in [-0.4, -0.2) is 41.4 Å². The monoisotopic (exact) mass is 598 g/mol. The van der Waals surface area contributed by atoms with Gasteiger partial charge in [-0.05, 0) is 60.4 Å². The molecule has 2 aromatic carbocycles. The summed E-state index contributed by atoms with van der Waals surface area (Å²) in [6, 6.07) is 15.3. The second-order valence-corrected chi connectivity index (χ2v) is 10.8. The Kier molecular flexibility index (Phi) is 11.2. The van der Waals surface area contributed by atoms with Crippen molar-refractivity contribution in [2.24, 2.45) is 15.9 Å². The van der Waals surface area contributed by atoms with Gasteiger partial charge in [-0.1, -0.05) is 70.5 Å². The summed E-state index contributed by atoms with van der Waals surface area (Å²) in [5.41, 5.74) is 7.65. The zero-order valence-corrected chi connectivity index (χ0v) is 26.3. The predicted molar refractivity (Wildman–Crippen MR) is 178 cm³/mol. The fourth-order valence-corrected chi connectivity index (χ4v) is 5.11. The largest absolute Gasteiger partial charge is 0.320 e. The number of carbonyl (C=O) groups excluding carboxylic acids is 1. The van der Waals surface area contributed by atoms with Gasteiger partial charge < -0.3 is 10.6 Å². The molecule has 1 aromatic heterocycles. The Morgan fingerprint density at radius 1 is 1.11 bits per heavy atom. The van der Waals surface area contributed by atoms with Gasteiger partial charge in [0.05, 0.1) is 12.2 Å².